The van der Waals surface area contributed by atoms with Crippen LogP contribution in [-0.2, 0) is 6.42 Å². The van der Waals surface area contributed by atoms with Crippen LogP contribution < -0.4 is 0 Å². The first-order chi connectivity index (χ1) is 31.6. The van der Waals surface area contributed by atoms with Gasteiger partial charge in [-0.2, -0.15) is 0 Å². The summed E-state index contributed by atoms with van der Waals surface area (Å²) in [6.07, 6.45) is 0.665. The van der Waals surface area contributed by atoms with E-state index in [-0.39, 0.29) is 5.92 Å². The third-order valence-corrected chi connectivity index (χ3v) is 14.5. The van der Waals surface area contributed by atoms with Crippen molar-refractivity contribution in [3.05, 3.63) is 181 Å². The second-order valence-corrected chi connectivity index (χ2v) is 17.9. The Balaban J connectivity index is 1.14. The van der Waals surface area contributed by atoms with Crippen LogP contribution in [0.1, 0.15) is 24.1 Å². The fourth-order valence-electron chi connectivity index (χ4n) is 10.4. The first-order valence-corrected chi connectivity index (χ1v) is 22.5. The minimum Gasteiger partial charge on any atom is -0.454 e. The average Bonchev–Trinajstić information content (AvgIpc) is 4.03. The lowest BCUT2D eigenvalue weighted by molar-refractivity contribution is 0.665. The Bertz CT molecular complexity index is 4210. The van der Waals surface area contributed by atoms with Gasteiger partial charge in [0.2, 0.25) is 0 Å². The molecule has 0 radical (unpaired) electrons. The fraction of sp³-hybridized carbons (Fsp3) is 0.0517. The molecular weight excluding hydrogens is 801 g/mol. The molecule has 0 amide bonds. The fourth-order valence-corrected chi connectivity index (χ4v) is 11.6. The van der Waals surface area contributed by atoms with Crippen LogP contribution in [0.3, 0.4) is 0 Å². The molecule has 1 unspecified atom stereocenters. The molecule has 0 aliphatic heterocycles. The molecule has 0 N–H and O–H groups in total. The van der Waals surface area contributed by atoms with Gasteiger partial charge in [0.15, 0.2) is 23.1 Å². The van der Waals surface area contributed by atoms with E-state index in [1.54, 1.807) is 11.3 Å². The van der Waals surface area contributed by atoms with E-state index in [4.69, 9.17) is 19.4 Å². The lowest BCUT2D eigenvalue weighted by Crippen LogP contribution is -2.10. The molecule has 1 aliphatic rings. The topological polar surface area (TPSA) is 56.7 Å². The van der Waals surface area contributed by atoms with E-state index in [1.807, 2.05) is 0 Å². The van der Waals surface area contributed by atoms with Gasteiger partial charge in [-0.25, -0.2) is 15.0 Å². The Kier molecular flexibility index (Phi) is 7.45. The van der Waals surface area contributed by atoms with Gasteiger partial charge in [0.25, 0.3) is 0 Å². The number of benzene rings is 9. The zero-order valence-corrected chi connectivity index (χ0v) is 35.4. The summed E-state index contributed by atoms with van der Waals surface area (Å²) in [6.45, 7) is 2.22. The number of rotatable bonds is 4. The molecule has 13 aromatic rings. The van der Waals surface area contributed by atoms with Gasteiger partial charge in [-0.3, -0.25) is 0 Å². The maximum atomic E-state index is 7.19. The van der Waals surface area contributed by atoms with Crippen LogP contribution in [0.25, 0.3) is 125 Å². The maximum absolute atomic E-state index is 7.19. The Labute approximate surface area is 370 Å². The van der Waals surface area contributed by atoms with Crippen molar-refractivity contribution in [2.24, 2.45) is 0 Å². The Hall–Kier alpha value is -8.11. The first kappa shape index (κ1) is 35.5. The quantitative estimate of drug-likeness (QED) is 0.166. The molecule has 5 nitrogen and oxygen atoms in total. The summed E-state index contributed by atoms with van der Waals surface area (Å²) >= 11 is 1.78. The molecule has 0 fully saturated rings. The van der Waals surface area contributed by atoms with E-state index in [0.717, 1.165) is 70.7 Å². The molecule has 4 heterocycles. The van der Waals surface area contributed by atoms with Gasteiger partial charge in [0.05, 0.1) is 11.4 Å². The van der Waals surface area contributed by atoms with Crippen LogP contribution in [0.15, 0.2) is 174 Å². The Morgan fingerprint density at radius 2 is 1.19 bits per heavy atom. The standard InChI is InChI=1S/C58H34N4OS/c1-33-13-10-22-41-47-31-36-16-2-3-17-37(36)32-48(47)62(52(33)41)53-45(29-28-44-51-39-20-7-5-15-35(39)27-30-49(51)63-54(44)53)57-59-56(43-24-11-18-34-14-4-6-19-38(34)43)60-58(61-57)46-25-12-23-42-40-21-8-9-26-50(40)64-55(42)46/h2-9,11-12,14-21,23-33H,22H2,1H3. The summed E-state index contributed by atoms with van der Waals surface area (Å²) in [7, 11) is 0. The highest BCUT2D eigenvalue weighted by Crippen LogP contribution is 2.47. The van der Waals surface area contributed by atoms with Crippen LogP contribution >= 0.6 is 11.3 Å². The number of thiophene rings is 1. The van der Waals surface area contributed by atoms with Crippen molar-refractivity contribution < 1.29 is 4.42 Å². The molecule has 0 saturated heterocycles. The number of hydrogen-bond acceptors (Lipinski definition) is 5. The minimum absolute atomic E-state index is 0.0432. The van der Waals surface area contributed by atoms with E-state index in [1.165, 1.54) is 48.3 Å². The monoisotopic (exact) mass is 834 g/mol. The summed E-state index contributed by atoms with van der Waals surface area (Å²) in [6, 6.07) is 60.4. The first-order valence-electron chi connectivity index (χ1n) is 21.7. The van der Waals surface area contributed by atoms with E-state index < -0.39 is 0 Å². The summed E-state index contributed by atoms with van der Waals surface area (Å²) in [4.78, 5) is 16.5. The van der Waals surface area contributed by atoms with E-state index in [9.17, 15) is 0 Å². The normalized spacial score (nSPS) is 13.8. The lowest BCUT2D eigenvalue weighted by Gasteiger charge is -2.20. The second kappa shape index (κ2) is 13.4. The van der Waals surface area contributed by atoms with Crippen molar-refractivity contribution in [1.82, 2.24) is 19.5 Å². The molecular formula is C58H34N4OS. The van der Waals surface area contributed by atoms with Crippen LogP contribution in [0, 0.1) is 11.8 Å². The molecule has 6 heteroatoms. The molecule has 0 saturated carbocycles. The summed E-state index contributed by atoms with van der Waals surface area (Å²) < 4.78 is 12.0. The maximum Gasteiger partial charge on any atom is 0.166 e. The SMILES string of the molecule is CC1C#CCc2c1n(-c1c(-c3nc(-c4cccc5ccccc45)nc(-c4cccc5c4sc4ccccc45)n3)ccc3c1oc1ccc4ccccc4c13)c1cc3ccccc3cc21. The van der Waals surface area contributed by atoms with Gasteiger partial charge < -0.3 is 8.98 Å². The molecule has 0 bridgehead atoms. The van der Waals surface area contributed by atoms with Crippen LogP contribution in [0.2, 0.25) is 0 Å². The smallest absolute Gasteiger partial charge is 0.166 e. The highest BCUT2D eigenvalue weighted by atomic mass is 32.1. The molecule has 9 aromatic carbocycles. The molecule has 64 heavy (non-hydrogen) atoms. The van der Waals surface area contributed by atoms with Crippen LogP contribution in [0.5, 0.6) is 0 Å². The molecule has 1 aliphatic carbocycles. The lowest BCUT2D eigenvalue weighted by atomic mass is 9.95. The Morgan fingerprint density at radius 1 is 0.547 bits per heavy atom. The highest BCUT2D eigenvalue weighted by molar-refractivity contribution is 7.26. The van der Waals surface area contributed by atoms with Gasteiger partial charge in [0, 0.05) is 65.1 Å². The number of nitrogens with zero attached hydrogens (tertiary/aromatic N) is 4. The van der Waals surface area contributed by atoms with Crippen LogP contribution in [-0.4, -0.2) is 19.5 Å². The molecule has 14 rings (SSSR count). The number of aromatic nitrogens is 4. The predicted molar refractivity (Wildman–Crippen MR) is 266 cm³/mol. The van der Waals surface area contributed by atoms with E-state index in [0.29, 0.717) is 23.9 Å². The zero-order valence-electron chi connectivity index (χ0n) is 34.6. The highest BCUT2D eigenvalue weighted by Gasteiger charge is 2.30. The van der Waals surface area contributed by atoms with Crippen molar-refractivity contribution in [1.29, 1.82) is 0 Å². The van der Waals surface area contributed by atoms with Gasteiger partial charge in [-0.05, 0) is 87.3 Å². The van der Waals surface area contributed by atoms with Crippen molar-refractivity contribution in [2.75, 3.05) is 0 Å². The number of hydrogen-bond donors (Lipinski definition) is 0. The molecule has 4 aromatic heterocycles. The van der Waals surface area contributed by atoms with E-state index >= 15 is 0 Å². The van der Waals surface area contributed by atoms with Crippen molar-refractivity contribution in [2.45, 2.75) is 19.3 Å². The van der Waals surface area contributed by atoms with Crippen molar-refractivity contribution >= 4 is 96.7 Å². The predicted octanol–water partition coefficient (Wildman–Crippen LogP) is 15.2. The summed E-state index contributed by atoms with van der Waals surface area (Å²) in [5.41, 5.74) is 8.80. The number of furan rings is 1. The summed E-state index contributed by atoms with van der Waals surface area (Å²) in [5, 5.41) is 12.6. The molecule has 298 valence electrons. The van der Waals surface area contributed by atoms with Gasteiger partial charge >= 0.3 is 0 Å². The zero-order chi connectivity index (χ0) is 42.0. The largest absolute Gasteiger partial charge is 0.454 e. The second-order valence-electron chi connectivity index (χ2n) is 16.8. The Morgan fingerprint density at radius 3 is 2.03 bits per heavy atom. The third-order valence-electron chi connectivity index (χ3n) is 13.3. The van der Waals surface area contributed by atoms with Crippen LogP contribution in [0.4, 0.5) is 0 Å². The van der Waals surface area contributed by atoms with Gasteiger partial charge in [-0.1, -0.05) is 139 Å². The van der Waals surface area contributed by atoms with Crippen molar-refractivity contribution in [3.63, 3.8) is 0 Å². The molecule has 0 spiro atoms. The molecule has 1 atom stereocenters. The average molecular weight is 835 g/mol. The van der Waals surface area contributed by atoms with Crippen molar-refractivity contribution in [3.8, 4) is 51.7 Å². The minimum atomic E-state index is -0.0432. The van der Waals surface area contributed by atoms with Gasteiger partial charge in [-0.15, -0.1) is 11.3 Å². The summed E-state index contributed by atoms with van der Waals surface area (Å²) in [5.74, 6) is 8.82. The third kappa shape index (κ3) is 5.10. The number of fused-ring (bicyclic) bond motifs is 13. The van der Waals surface area contributed by atoms with Gasteiger partial charge in [0.1, 0.15) is 11.3 Å². The van der Waals surface area contributed by atoms with E-state index in [2.05, 4.69) is 193 Å².